The Hall–Kier alpha value is -1.24. The van der Waals surface area contributed by atoms with E-state index in [0.29, 0.717) is 24.7 Å². The standard InChI is InChI=1S/C16H20BrN3O2/c1-4-21-12-9-16(18,15(12,2)3)14-19-13(20-22-14)10-6-5-7-11(17)8-10/h5-8,12H,4,9,18H2,1-3H3. The van der Waals surface area contributed by atoms with E-state index in [1.165, 1.54) is 0 Å². The Morgan fingerprint density at radius 3 is 2.86 bits per heavy atom. The molecule has 22 heavy (non-hydrogen) atoms. The monoisotopic (exact) mass is 365 g/mol. The average molecular weight is 366 g/mol. The Morgan fingerprint density at radius 1 is 1.45 bits per heavy atom. The van der Waals surface area contributed by atoms with Gasteiger partial charge in [-0.2, -0.15) is 4.98 Å². The van der Waals surface area contributed by atoms with E-state index >= 15 is 0 Å². The Morgan fingerprint density at radius 2 is 2.23 bits per heavy atom. The smallest absolute Gasteiger partial charge is 0.247 e. The summed E-state index contributed by atoms with van der Waals surface area (Å²) in [7, 11) is 0. The predicted octanol–water partition coefficient (Wildman–Crippen LogP) is 3.49. The van der Waals surface area contributed by atoms with E-state index in [2.05, 4.69) is 39.9 Å². The molecule has 1 fully saturated rings. The molecule has 2 unspecified atom stereocenters. The average Bonchev–Trinajstić information content (AvgIpc) is 2.97. The van der Waals surface area contributed by atoms with Crippen LogP contribution in [0.4, 0.5) is 0 Å². The Balaban J connectivity index is 1.88. The van der Waals surface area contributed by atoms with Crippen LogP contribution in [0.2, 0.25) is 0 Å². The van der Waals surface area contributed by atoms with Crippen LogP contribution in [0, 0.1) is 5.41 Å². The maximum absolute atomic E-state index is 6.56. The fraction of sp³-hybridized carbons (Fsp3) is 0.500. The van der Waals surface area contributed by atoms with E-state index in [-0.39, 0.29) is 11.5 Å². The lowest BCUT2D eigenvalue weighted by Crippen LogP contribution is -2.67. The molecule has 0 spiro atoms. The van der Waals surface area contributed by atoms with E-state index < -0.39 is 5.54 Å². The van der Waals surface area contributed by atoms with E-state index in [4.69, 9.17) is 15.0 Å². The van der Waals surface area contributed by atoms with Gasteiger partial charge in [-0.05, 0) is 19.1 Å². The lowest BCUT2D eigenvalue weighted by Gasteiger charge is -2.56. The normalized spacial score (nSPS) is 26.7. The number of aromatic nitrogens is 2. The second-order valence-electron chi connectivity index (χ2n) is 6.27. The molecule has 5 nitrogen and oxygen atoms in total. The largest absolute Gasteiger partial charge is 0.378 e. The Labute approximate surface area is 138 Å². The highest BCUT2D eigenvalue weighted by Crippen LogP contribution is 2.55. The van der Waals surface area contributed by atoms with Crippen molar-refractivity contribution >= 4 is 15.9 Å². The Kier molecular flexibility index (Phi) is 3.87. The summed E-state index contributed by atoms with van der Waals surface area (Å²) in [5.74, 6) is 1.03. The number of ether oxygens (including phenoxy) is 1. The van der Waals surface area contributed by atoms with E-state index in [1.807, 2.05) is 31.2 Å². The lowest BCUT2D eigenvalue weighted by molar-refractivity contribution is -0.162. The van der Waals surface area contributed by atoms with Crippen LogP contribution in [0.3, 0.4) is 0 Å². The number of benzene rings is 1. The third-order valence-corrected chi connectivity index (χ3v) is 5.21. The molecule has 6 heteroatoms. The highest BCUT2D eigenvalue weighted by molar-refractivity contribution is 9.10. The predicted molar refractivity (Wildman–Crippen MR) is 87.1 cm³/mol. The number of nitrogens with two attached hydrogens (primary N) is 1. The first-order valence-corrected chi connectivity index (χ1v) is 8.18. The molecule has 0 aliphatic heterocycles. The zero-order valence-electron chi connectivity index (χ0n) is 13.0. The summed E-state index contributed by atoms with van der Waals surface area (Å²) < 4.78 is 12.2. The van der Waals surface area contributed by atoms with Gasteiger partial charge >= 0.3 is 0 Å². The fourth-order valence-corrected chi connectivity index (χ4v) is 3.35. The van der Waals surface area contributed by atoms with Crippen molar-refractivity contribution in [2.24, 2.45) is 11.1 Å². The molecular formula is C16H20BrN3O2. The van der Waals surface area contributed by atoms with Gasteiger partial charge < -0.3 is 15.0 Å². The van der Waals surface area contributed by atoms with Crippen molar-refractivity contribution in [3.05, 3.63) is 34.6 Å². The first-order valence-electron chi connectivity index (χ1n) is 7.39. The highest BCUT2D eigenvalue weighted by atomic mass is 79.9. The number of nitrogens with zero attached hydrogens (tertiary/aromatic N) is 2. The highest BCUT2D eigenvalue weighted by Gasteiger charge is 2.62. The minimum absolute atomic E-state index is 0.115. The molecule has 2 atom stereocenters. The number of hydrogen-bond donors (Lipinski definition) is 1. The van der Waals surface area contributed by atoms with Gasteiger partial charge in [-0.1, -0.05) is 47.1 Å². The van der Waals surface area contributed by atoms with Crippen molar-refractivity contribution in [2.75, 3.05) is 6.61 Å². The molecule has 1 aliphatic rings. The molecule has 118 valence electrons. The van der Waals surface area contributed by atoms with Crippen LogP contribution in [0.1, 0.15) is 33.1 Å². The fourth-order valence-electron chi connectivity index (χ4n) is 2.95. The van der Waals surface area contributed by atoms with Gasteiger partial charge in [0.25, 0.3) is 0 Å². The summed E-state index contributed by atoms with van der Waals surface area (Å²) in [6.45, 7) is 6.83. The summed E-state index contributed by atoms with van der Waals surface area (Å²) in [4.78, 5) is 4.53. The van der Waals surface area contributed by atoms with Crippen molar-refractivity contribution in [1.29, 1.82) is 0 Å². The summed E-state index contributed by atoms with van der Waals surface area (Å²) in [5.41, 5.74) is 6.56. The minimum atomic E-state index is -0.649. The van der Waals surface area contributed by atoms with Crippen LogP contribution in [-0.4, -0.2) is 22.9 Å². The van der Waals surface area contributed by atoms with Crippen molar-refractivity contribution < 1.29 is 9.26 Å². The van der Waals surface area contributed by atoms with Gasteiger partial charge in [-0.3, -0.25) is 0 Å². The summed E-state index contributed by atoms with van der Waals surface area (Å²) in [6, 6.07) is 7.78. The molecule has 2 aromatic rings. The topological polar surface area (TPSA) is 74.2 Å². The molecule has 0 amide bonds. The van der Waals surface area contributed by atoms with Gasteiger partial charge in [0.15, 0.2) is 0 Å². The molecule has 1 saturated carbocycles. The van der Waals surface area contributed by atoms with Crippen LogP contribution >= 0.6 is 15.9 Å². The van der Waals surface area contributed by atoms with Gasteiger partial charge in [-0.25, -0.2) is 0 Å². The minimum Gasteiger partial charge on any atom is -0.378 e. The van der Waals surface area contributed by atoms with E-state index in [1.54, 1.807) is 0 Å². The number of hydrogen-bond acceptors (Lipinski definition) is 5. The molecule has 0 radical (unpaired) electrons. The van der Waals surface area contributed by atoms with Gasteiger partial charge in [0.05, 0.1) is 6.10 Å². The van der Waals surface area contributed by atoms with Gasteiger partial charge in [-0.15, -0.1) is 0 Å². The van der Waals surface area contributed by atoms with E-state index in [0.717, 1.165) is 10.0 Å². The maximum Gasteiger partial charge on any atom is 0.247 e. The third kappa shape index (κ3) is 2.30. The van der Waals surface area contributed by atoms with Crippen molar-refractivity contribution in [1.82, 2.24) is 10.1 Å². The third-order valence-electron chi connectivity index (χ3n) is 4.72. The Bertz CT molecular complexity index is 686. The van der Waals surface area contributed by atoms with Gasteiger partial charge in [0.2, 0.25) is 11.7 Å². The van der Waals surface area contributed by atoms with Crippen LogP contribution < -0.4 is 5.73 Å². The molecule has 1 aromatic heterocycles. The SMILES string of the molecule is CCOC1CC(N)(c2nc(-c3cccc(Br)c3)no2)C1(C)C. The second-order valence-corrected chi connectivity index (χ2v) is 7.19. The molecule has 0 saturated heterocycles. The molecule has 0 bridgehead atoms. The molecule has 3 rings (SSSR count). The summed E-state index contributed by atoms with van der Waals surface area (Å²) in [5, 5.41) is 4.08. The lowest BCUT2D eigenvalue weighted by atomic mass is 9.54. The molecule has 1 aliphatic carbocycles. The maximum atomic E-state index is 6.56. The zero-order chi connectivity index (χ0) is 16.0. The number of halogens is 1. The van der Waals surface area contributed by atoms with Gasteiger partial charge in [0, 0.05) is 28.5 Å². The van der Waals surface area contributed by atoms with Crippen LogP contribution in [0.15, 0.2) is 33.3 Å². The molecule has 1 heterocycles. The first kappa shape index (κ1) is 15.6. The second kappa shape index (κ2) is 5.44. The molecular weight excluding hydrogens is 346 g/mol. The molecule has 2 N–H and O–H groups in total. The van der Waals surface area contributed by atoms with Crippen LogP contribution in [0.25, 0.3) is 11.4 Å². The summed E-state index contributed by atoms with van der Waals surface area (Å²) >= 11 is 3.45. The van der Waals surface area contributed by atoms with Crippen molar-refractivity contribution in [3.63, 3.8) is 0 Å². The van der Waals surface area contributed by atoms with E-state index in [9.17, 15) is 0 Å². The van der Waals surface area contributed by atoms with Crippen LogP contribution in [-0.2, 0) is 10.3 Å². The summed E-state index contributed by atoms with van der Waals surface area (Å²) in [6.07, 6.45) is 0.803. The zero-order valence-corrected chi connectivity index (χ0v) is 14.6. The van der Waals surface area contributed by atoms with Crippen molar-refractivity contribution in [2.45, 2.75) is 38.8 Å². The quantitative estimate of drug-likeness (QED) is 0.897. The van der Waals surface area contributed by atoms with Gasteiger partial charge in [0.1, 0.15) is 5.54 Å². The van der Waals surface area contributed by atoms with Crippen molar-refractivity contribution in [3.8, 4) is 11.4 Å². The first-order chi connectivity index (χ1) is 10.4. The molecule has 1 aromatic carbocycles. The van der Waals surface area contributed by atoms with Crippen LogP contribution in [0.5, 0.6) is 0 Å². The number of rotatable bonds is 4.